The Hall–Kier alpha value is -4.26. The van der Waals surface area contributed by atoms with E-state index in [2.05, 4.69) is 5.32 Å². The number of carbonyl (C=O) groups is 4. The molecule has 4 aliphatic rings. The molecule has 0 saturated carbocycles. The van der Waals surface area contributed by atoms with Crippen LogP contribution in [0.3, 0.4) is 0 Å². The third kappa shape index (κ3) is 4.44. The molecule has 0 spiro atoms. The Bertz CT molecular complexity index is 1460. The maximum absolute atomic E-state index is 14.2. The van der Waals surface area contributed by atoms with E-state index in [1.54, 1.807) is 0 Å². The van der Waals surface area contributed by atoms with Gasteiger partial charge in [0.1, 0.15) is 6.04 Å². The van der Waals surface area contributed by atoms with Crippen molar-refractivity contribution in [3.05, 3.63) is 100 Å². The van der Waals surface area contributed by atoms with Gasteiger partial charge in [-0.2, -0.15) is 0 Å². The van der Waals surface area contributed by atoms with Crippen LogP contribution in [0.25, 0.3) is 0 Å². The monoisotopic (exact) mass is 550 g/mol. The number of rotatable bonds is 7. The average molecular weight is 551 g/mol. The van der Waals surface area contributed by atoms with Crippen LogP contribution in [-0.4, -0.2) is 41.2 Å². The molecule has 2 bridgehead atoms. The van der Waals surface area contributed by atoms with Crippen LogP contribution in [0.5, 0.6) is 0 Å². The second-order valence-corrected chi connectivity index (χ2v) is 11.9. The quantitative estimate of drug-likeness (QED) is 0.327. The number of ether oxygens (including phenoxy) is 1. The molecule has 3 aliphatic carbocycles. The first kappa shape index (κ1) is 26.9. The summed E-state index contributed by atoms with van der Waals surface area (Å²) in [6.07, 6.45) is 0.254. The molecule has 0 aromatic heterocycles. The van der Waals surface area contributed by atoms with Gasteiger partial charge in [0.05, 0.1) is 11.8 Å². The standard InChI is InChI=1S/C34H34N2O5/c1-18(2)15-26(34(40)41-17-27(37)35-25-16-19(3)13-14-20(25)4)36-32(38)30-28-21-9-5-6-10-22(21)29(31(30)33(36)39)24-12-8-7-11-23(24)28/h5-14,16,18,26,28-31H,15,17H2,1-4H3,(H,35,37)/t26-,28?,29?,30-,31+/m1/s1. The van der Waals surface area contributed by atoms with Crippen molar-refractivity contribution in [2.75, 3.05) is 11.9 Å². The molecule has 7 rings (SSSR count). The van der Waals surface area contributed by atoms with Gasteiger partial charge in [-0.25, -0.2) is 4.79 Å². The molecular weight excluding hydrogens is 516 g/mol. The van der Waals surface area contributed by atoms with Crippen molar-refractivity contribution in [3.63, 3.8) is 0 Å². The fourth-order valence-corrected chi connectivity index (χ4v) is 7.05. The predicted molar refractivity (Wildman–Crippen MR) is 154 cm³/mol. The van der Waals surface area contributed by atoms with E-state index in [4.69, 9.17) is 4.74 Å². The van der Waals surface area contributed by atoms with E-state index in [1.165, 1.54) is 0 Å². The van der Waals surface area contributed by atoms with Gasteiger partial charge < -0.3 is 10.1 Å². The van der Waals surface area contributed by atoms with Gasteiger partial charge in [-0.1, -0.05) is 74.5 Å². The third-order valence-corrected chi connectivity index (χ3v) is 8.77. The lowest BCUT2D eigenvalue weighted by atomic mass is 9.55. The summed E-state index contributed by atoms with van der Waals surface area (Å²) in [5, 5.41) is 2.79. The SMILES string of the molecule is Cc1ccc(C)c(NC(=O)COC(=O)[C@@H](CC(C)C)N2C(=O)[C@@H]3C4c5ccccc5C(c5ccccc54)[C@@H]3C2=O)c1. The van der Waals surface area contributed by atoms with Crippen molar-refractivity contribution in [1.29, 1.82) is 0 Å². The van der Waals surface area contributed by atoms with Gasteiger partial charge in [0.25, 0.3) is 5.91 Å². The Kier molecular flexibility index (Phi) is 6.76. The summed E-state index contributed by atoms with van der Waals surface area (Å²) in [4.78, 5) is 55.7. The van der Waals surface area contributed by atoms with Crippen molar-refractivity contribution in [2.45, 2.75) is 52.0 Å². The number of carbonyl (C=O) groups excluding carboxylic acids is 4. The van der Waals surface area contributed by atoms with Crippen LogP contribution in [-0.2, 0) is 23.9 Å². The number of hydrogen-bond donors (Lipinski definition) is 1. The minimum absolute atomic E-state index is 0.00524. The summed E-state index contributed by atoms with van der Waals surface area (Å²) in [7, 11) is 0. The molecule has 0 radical (unpaired) electrons. The van der Waals surface area contributed by atoms with Gasteiger partial charge in [0, 0.05) is 17.5 Å². The summed E-state index contributed by atoms with van der Waals surface area (Å²) >= 11 is 0. The Morgan fingerprint density at radius 1 is 0.829 bits per heavy atom. The number of benzene rings is 3. The van der Waals surface area contributed by atoms with Crippen LogP contribution in [0.1, 0.15) is 65.5 Å². The molecule has 1 aliphatic heterocycles. The fraction of sp³-hybridized carbons (Fsp3) is 0.353. The average Bonchev–Trinajstić information content (AvgIpc) is 3.22. The molecule has 210 valence electrons. The first-order chi connectivity index (χ1) is 19.7. The zero-order valence-electron chi connectivity index (χ0n) is 23.7. The van der Waals surface area contributed by atoms with E-state index in [1.807, 2.05) is 94.4 Å². The first-order valence-electron chi connectivity index (χ1n) is 14.3. The fourth-order valence-electron chi connectivity index (χ4n) is 7.05. The third-order valence-electron chi connectivity index (χ3n) is 8.77. The van der Waals surface area contributed by atoms with Crippen molar-refractivity contribution in [1.82, 2.24) is 4.90 Å². The van der Waals surface area contributed by atoms with E-state index in [0.717, 1.165) is 38.3 Å². The molecule has 3 atom stereocenters. The summed E-state index contributed by atoms with van der Waals surface area (Å²) in [5.74, 6) is -3.53. The molecule has 1 heterocycles. The second kappa shape index (κ2) is 10.3. The van der Waals surface area contributed by atoms with Crippen molar-refractivity contribution < 1.29 is 23.9 Å². The molecule has 3 aromatic rings. The van der Waals surface area contributed by atoms with E-state index < -0.39 is 36.4 Å². The molecular formula is C34H34N2O5. The number of esters is 1. The summed E-state index contributed by atoms with van der Waals surface area (Å²) in [5.41, 5.74) is 6.83. The Labute approximate surface area is 239 Å². The van der Waals surface area contributed by atoms with Gasteiger partial charge in [-0.05, 0) is 65.6 Å². The van der Waals surface area contributed by atoms with E-state index in [-0.39, 0.29) is 36.0 Å². The van der Waals surface area contributed by atoms with Gasteiger partial charge in [0.2, 0.25) is 11.8 Å². The second-order valence-electron chi connectivity index (χ2n) is 11.9. The number of nitrogens with zero attached hydrogens (tertiary/aromatic N) is 1. The minimum atomic E-state index is -1.10. The van der Waals surface area contributed by atoms with Crippen LogP contribution < -0.4 is 5.32 Å². The topological polar surface area (TPSA) is 92.8 Å². The highest BCUT2D eigenvalue weighted by atomic mass is 16.5. The zero-order chi connectivity index (χ0) is 29.0. The van der Waals surface area contributed by atoms with E-state index >= 15 is 0 Å². The van der Waals surface area contributed by atoms with E-state index in [9.17, 15) is 19.2 Å². The van der Waals surface area contributed by atoms with Gasteiger partial charge in [0.15, 0.2) is 6.61 Å². The van der Waals surface area contributed by atoms with Crippen LogP contribution in [0.15, 0.2) is 66.7 Å². The molecule has 7 nitrogen and oxygen atoms in total. The van der Waals surface area contributed by atoms with Gasteiger partial charge >= 0.3 is 5.97 Å². The maximum Gasteiger partial charge on any atom is 0.329 e. The molecule has 3 amide bonds. The van der Waals surface area contributed by atoms with Crippen LogP contribution >= 0.6 is 0 Å². The Morgan fingerprint density at radius 3 is 1.83 bits per heavy atom. The number of anilines is 1. The van der Waals surface area contributed by atoms with Gasteiger partial charge in [-0.3, -0.25) is 19.3 Å². The maximum atomic E-state index is 14.2. The normalized spacial score (nSPS) is 22.7. The number of nitrogens with one attached hydrogen (secondary N) is 1. The molecule has 41 heavy (non-hydrogen) atoms. The summed E-state index contributed by atoms with van der Waals surface area (Å²) < 4.78 is 5.47. The number of likely N-dealkylation sites (tertiary alicyclic amines) is 1. The van der Waals surface area contributed by atoms with Gasteiger partial charge in [-0.15, -0.1) is 0 Å². The van der Waals surface area contributed by atoms with E-state index in [0.29, 0.717) is 5.69 Å². The number of hydrogen-bond acceptors (Lipinski definition) is 5. The predicted octanol–water partition coefficient (Wildman–Crippen LogP) is 5.09. The number of imide groups is 1. The first-order valence-corrected chi connectivity index (χ1v) is 14.3. The molecule has 3 aromatic carbocycles. The smallest absolute Gasteiger partial charge is 0.329 e. The molecule has 1 fully saturated rings. The Morgan fingerprint density at radius 2 is 1.34 bits per heavy atom. The number of amides is 3. The zero-order valence-corrected chi connectivity index (χ0v) is 23.7. The van der Waals surface area contributed by atoms with Crippen LogP contribution in [0, 0.1) is 31.6 Å². The molecule has 7 heteroatoms. The summed E-state index contributed by atoms with van der Waals surface area (Å²) in [6, 6.07) is 20.7. The minimum Gasteiger partial charge on any atom is -0.454 e. The van der Waals surface area contributed by atoms with Crippen LogP contribution in [0.2, 0.25) is 0 Å². The van der Waals surface area contributed by atoms with Crippen molar-refractivity contribution in [2.24, 2.45) is 17.8 Å². The molecule has 1 N–H and O–H groups in total. The number of aryl methyl sites for hydroxylation is 2. The summed E-state index contributed by atoms with van der Waals surface area (Å²) in [6.45, 7) is 7.16. The lowest BCUT2D eigenvalue weighted by molar-refractivity contribution is -0.160. The highest BCUT2D eigenvalue weighted by molar-refractivity contribution is 6.10. The lowest BCUT2D eigenvalue weighted by Gasteiger charge is -2.45. The highest BCUT2D eigenvalue weighted by Crippen LogP contribution is 2.61. The highest BCUT2D eigenvalue weighted by Gasteiger charge is 2.63. The van der Waals surface area contributed by atoms with Crippen LogP contribution in [0.4, 0.5) is 5.69 Å². The lowest BCUT2D eigenvalue weighted by Crippen LogP contribution is -2.47. The van der Waals surface area contributed by atoms with Crippen molar-refractivity contribution >= 4 is 29.4 Å². The molecule has 0 unspecified atom stereocenters. The Balaban J connectivity index is 1.27. The molecule has 1 saturated heterocycles. The largest absolute Gasteiger partial charge is 0.454 e. The van der Waals surface area contributed by atoms with Crippen molar-refractivity contribution in [3.8, 4) is 0 Å².